The summed E-state index contributed by atoms with van der Waals surface area (Å²) in [6.07, 6.45) is 1.77. The van der Waals surface area contributed by atoms with Crippen molar-refractivity contribution < 1.29 is 4.79 Å². The maximum atomic E-state index is 13.9. The predicted octanol–water partition coefficient (Wildman–Crippen LogP) is 6.56. The number of aryl methyl sites for hydroxylation is 2. The van der Waals surface area contributed by atoms with Gasteiger partial charge in [0, 0.05) is 5.56 Å². The lowest BCUT2D eigenvalue weighted by Crippen LogP contribution is -2.33. The van der Waals surface area contributed by atoms with E-state index in [1.54, 1.807) is 6.07 Å². The molecule has 0 bridgehead atoms. The van der Waals surface area contributed by atoms with E-state index in [9.17, 15) is 10.1 Å². The van der Waals surface area contributed by atoms with Crippen molar-refractivity contribution in [1.82, 2.24) is 4.98 Å². The monoisotopic (exact) mass is 461 g/mol. The largest absolute Gasteiger partial charge is 0.280 e. The first-order chi connectivity index (χ1) is 16.7. The van der Waals surface area contributed by atoms with Crippen LogP contribution in [0.4, 0.5) is 11.4 Å². The van der Waals surface area contributed by atoms with Gasteiger partial charge in [-0.1, -0.05) is 78.5 Å². The molecule has 5 heteroatoms. The van der Waals surface area contributed by atoms with Crippen molar-refractivity contribution in [2.45, 2.75) is 30.0 Å². The molecular weight excluding hydrogens is 438 g/mol. The Labute approximate surface area is 203 Å². The molecule has 0 radical (unpaired) electrons. The Morgan fingerprint density at radius 2 is 1.47 bits per heavy atom. The van der Waals surface area contributed by atoms with E-state index >= 15 is 0 Å². The smallest absolute Gasteiger partial charge is 0.244 e. The second-order valence-electron chi connectivity index (χ2n) is 8.22. The second-order valence-corrected chi connectivity index (χ2v) is 9.55. The number of pyridine rings is 1. The van der Waals surface area contributed by atoms with E-state index in [2.05, 4.69) is 18.2 Å². The Balaban J connectivity index is 1.51. The van der Waals surface area contributed by atoms with E-state index in [0.29, 0.717) is 10.6 Å². The molecule has 4 nitrogen and oxygen atoms in total. The summed E-state index contributed by atoms with van der Waals surface area (Å²) in [5, 5.41) is 9.81. The molecule has 0 N–H and O–H groups in total. The summed E-state index contributed by atoms with van der Waals surface area (Å²) in [5.41, 5.74) is 6.40. The molecule has 1 aromatic heterocycles. The number of hydrogen-bond acceptors (Lipinski definition) is 4. The third kappa shape index (κ3) is 4.21. The number of amides is 1. The van der Waals surface area contributed by atoms with Gasteiger partial charge in [-0.15, -0.1) is 0 Å². The Morgan fingerprint density at radius 1 is 0.882 bits per heavy atom. The van der Waals surface area contributed by atoms with Gasteiger partial charge >= 0.3 is 0 Å². The lowest BCUT2D eigenvalue weighted by molar-refractivity contribution is -0.117. The summed E-state index contributed by atoms with van der Waals surface area (Å²) < 4.78 is 0. The highest BCUT2D eigenvalue weighted by Crippen LogP contribution is 2.38. The van der Waals surface area contributed by atoms with Crippen LogP contribution in [0.15, 0.2) is 96.0 Å². The van der Waals surface area contributed by atoms with Gasteiger partial charge in [-0.2, -0.15) is 5.26 Å². The normalized spacial score (nSPS) is 13.2. The number of thioether (sulfide) groups is 1. The summed E-state index contributed by atoms with van der Waals surface area (Å²) in [5.74, 6) is -0.0254. The van der Waals surface area contributed by atoms with Crippen molar-refractivity contribution in [3.05, 3.63) is 108 Å². The van der Waals surface area contributed by atoms with Gasteiger partial charge in [0.1, 0.15) is 11.1 Å². The fraction of sp³-hybridized carbons (Fsp3) is 0.138. The zero-order valence-electron chi connectivity index (χ0n) is 18.8. The molecule has 1 amide bonds. The molecule has 4 aromatic rings. The second kappa shape index (κ2) is 9.54. The number of rotatable bonds is 4. The Hall–Kier alpha value is -3.88. The van der Waals surface area contributed by atoms with Crippen LogP contribution in [0.3, 0.4) is 0 Å². The number of carbonyl (C=O) groups excluding carboxylic acids is 1. The van der Waals surface area contributed by atoms with Gasteiger partial charge in [-0.3, -0.25) is 9.69 Å². The standard InChI is InChI=1S/C29H23N3OS/c1-20(34-28-24(19-30)17-18-25(31-28)21-9-3-2-4-10-21)29(33)32-26-13-7-5-11-22(26)15-16-23-12-6-8-14-27(23)32/h2-14,17-18,20H,15-16H2,1H3. The average Bonchev–Trinajstić information content (AvgIpc) is 3.05. The number of anilines is 2. The molecule has 0 saturated heterocycles. The third-order valence-corrected chi connectivity index (χ3v) is 7.13. The molecule has 0 saturated carbocycles. The lowest BCUT2D eigenvalue weighted by atomic mass is 10.0. The molecule has 2 heterocycles. The zero-order chi connectivity index (χ0) is 23.5. The SMILES string of the molecule is CC(Sc1nc(-c2ccccc2)ccc1C#N)C(=O)N1c2ccccc2CCc2ccccc21. The van der Waals surface area contributed by atoms with Gasteiger partial charge in [-0.25, -0.2) is 4.98 Å². The zero-order valence-corrected chi connectivity index (χ0v) is 19.6. The van der Waals surface area contributed by atoms with Crippen LogP contribution < -0.4 is 4.90 Å². The van der Waals surface area contributed by atoms with Crippen LogP contribution in [0.5, 0.6) is 0 Å². The van der Waals surface area contributed by atoms with Crippen LogP contribution in [-0.4, -0.2) is 16.1 Å². The highest BCUT2D eigenvalue weighted by molar-refractivity contribution is 8.00. The van der Waals surface area contributed by atoms with Crippen molar-refractivity contribution >= 4 is 29.0 Å². The van der Waals surface area contributed by atoms with Crippen molar-refractivity contribution in [3.8, 4) is 17.3 Å². The number of benzene rings is 3. The topological polar surface area (TPSA) is 57.0 Å². The van der Waals surface area contributed by atoms with Gasteiger partial charge < -0.3 is 0 Å². The summed E-state index contributed by atoms with van der Waals surface area (Å²) in [6.45, 7) is 1.89. The van der Waals surface area contributed by atoms with Crippen LogP contribution in [0.1, 0.15) is 23.6 Å². The Kier molecular flexibility index (Phi) is 6.16. The van der Waals surface area contributed by atoms with Crippen molar-refractivity contribution in [1.29, 1.82) is 5.26 Å². The number of nitriles is 1. The average molecular weight is 462 g/mol. The molecule has 0 spiro atoms. The lowest BCUT2D eigenvalue weighted by Gasteiger charge is -2.27. The number of nitrogens with zero attached hydrogens (tertiary/aromatic N) is 3. The van der Waals surface area contributed by atoms with E-state index in [4.69, 9.17) is 4.98 Å². The number of aromatic nitrogens is 1. The summed E-state index contributed by atoms with van der Waals surface area (Å²) in [7, 11) is 0. The van der Waals surface area contributed by atoms with E-state index in [-0.39, 0.29) is 5.91 Å². The third-order valence-electron chi connectivity index (χ3n) is 6.04. The molecule has 1 aliphatic heterocycles. The van der Waals surface area contributed by atoms with Crippen LogP contribution in [0.25, 0.3) is 11.3 Å². The van der Waals surface area contributed by atoms with E-state index in [1.807, 2.05) is 84.6 Å². The minimum Gasteiger partial charge on any atom is -0.280 e. The minimum absolute atomic E-state index is 0.0254. The molecule has 1 atom stereocenters. The quantitative estimate of drug-likeness (QED) is 0.323. The predicted molar refractivity (Wildman–Crippen MR) is 137 cm³/mol. The number of carbonyl (C=O) groups is 1. The molecule has 1 unspecified atom stereocenters. The van der Waals surface area contributed by atoms with Crippen molar-refractivity contribution in [2.24, 2.45) is 0 Å². The van der Waals surface area contributed by atoms with Crippen LogP contribution in [-0.2, 0) is 17.6 Å². The molecule has 0 aliphatic carbocycles. The Bertz CT molecular complexity index is 1350. The number of para-hydroxylation sites is 2. The molecule has 5 rings (SSSR count). The first-order valence-corrected chi connectivity index (χ1v) is 12.2. The number of hydrogen-bond donors (Lipinski definition) is 0. The van der Waals surface area contributed by atoms with Gasteiger partial charge in [0.25, 0.3) is 0 Å². The highest BCUT2D eigenvalue weighted by Gasteiger charge is 2.30. The summed E-state index contributed by atoms with van der Waals surface area (Å²) >= 11 is 1.34. The molecule has 34 heavy (non-hydrogen) atoms. The minimum atomic E-state index is -0.440. The van der Waals surface area contributed by atoms with E-state index < -0.39 is 5.25 Å². The van der Waals surface area contributed by atoms with E-state index in [1.165, 1.54) is 11.8 Å². The van der Waals surface area contributed by atoms with Crippen molar-refractivity contribution in [3.63, 3.8) is 0 Å². The maximum Gasteiger partial charge on any atom is 0.244 e. The summed E-state index contributed by atoms with van der Waals surface area (Å²) in [4.78, 5) is 20.5. The van der Waals surface area contributed by atoms with Gasteiger partial charge in [0.2, 0.25) is 5.91 Å². The Morgan fingerprint density at radius 3 is 2.09 bits per heavy atom. The van der Waals surface area contributed by atoms with Gasteiger partial charge in [0.05, 0.1) is 27.9 Å². The number of fused-ring (bicyclic) bond motifs is 2. The first-order valence-electron chi connectivity index (χ1n) is 11.3. The van der Waals surface area contributed by atoms with Crippen LogP contribution >= 0.6 is 11.8 Å². The molecule has 1 aliphatic rings. The first kappa shape index (κ1) is 21.9. The van der Waals surface area contributed by atoms with Gasteiger partial charge in [-0.05, 0) is 55.2 Å². The molecular formula is C29H23N3OS. The van der Waals surface area contributed by atoms with E-state index in [0.717, 1.165) is 46.6 Å². The van der Waals surface area contributed by atoms with Crippen molar-refractivity contribution in [2.75, 3.05) is 4.90 Å². The fourth-order valence-electron chi connectivity index (χ4n) is 4.30. The molecule has 0 fully saturated rings. The van der Waals surface area contributed by atoms with Crippen LogP contribution in [0.2, 0.25) is 0 Å². The molecule has 166 valence electrons. The van der Waals surface area contributed by atoms with Gasteiger partial charge in [0.15, 0.2) is 0 Å². The summed E-state index contributed by atoms with van der Waals surface area (Å²) in [6, 6.07) is 31.9. The highest BCUT2D eigenvalue weighted by atomic mass is 32.2. The fourth-order valence-corrected chi connectivity index (χ4v) is 5.23. The van der Waals surface area contributed by atoms with Crippen LogP contribution in [0, 0.1) is 11.3 Å². The maximum absolute atomic E-state index is 13.9. The molecule has 3 aromatic carbocycles.